The first-order chi connectivity index (χ1) is 9.24. The van der Waals surface area contributed by atoms with Gasteiger partial charge in [0.1, 0.15) is 12.2 Å². The van der Waals surface area contributed by atoms with Crippen LogP contribution in [0.1, 0.15) is 11.1 Å². The summed E-state index contributed by atoms with van der Waals surface area (Å²) in [6.45, 7) is 1.22. The van der Waals surface area contributed by atoms with Gasteiger partial charge in [-0.1, -0.05) is 6.07 Å². The van der Waals surface area contributed by atoms with Crippen molar-refractivity contribution in [1.82, 2.24) is 10.2 Å². The molecule has 0 saturated heterocycles. The van der Waals surface area contributed by atoms with E-state index >= 15 is 0 Å². The van der Waals surface area contributed by atoms with Crippen LogP contribution in [0.25, 0.3) is 0 Å². The number of nitrogens with one attached hydrogen (secondary N) is 2. The lowest BCUT2D eigenvalue weighted by Gasteiger charge is -2.29. The van der Waals surface area contributed by atoms with Gasteiger partial charge in [0.15, 0.2) is 0 Å². The number of amides is 2. The normalized spacial score (nSPS) is 13.6. The number of benzene rings is 1. The van der Waals surface area contributed by atoms with Crippen LogP contribution in [-0.2, 0) is 22.6 Å². The largest absolute Gasteiger partial charge is 0.350 e. The maximum atomic E-state index is 11.8. The summed E-state index contributed by atoms with van der Waals surface area (Å²) < 4.78 is 11.5. The Balaban J connectivity index is 2.06. The van der Waals surface area contributed by atoms with E-state index in [0.717, 1.165) is 17.7 Å². The number of rotatable bonds is 5. The molecule has 1 aromatic carbocycles. The zero-order valence-corrected chi connectivity index (χ0v) is 11.1. The SMILES string of the molecule is O=CNCC(=O)N1CCc2ccc(NSO)cc2C1. The highest BCUT2D eigenvalue weighted by atomic mass is 32.2. The van der Waals surface area contributed by atoms with Crippen molar-refractivity contribution in [2.75, 3.05) is 17.8 Å². The Labute approximate surface area is 115 Å². The van der Waals surface area contributed by atoms with Crippen molar-refractivity contribution in [3.63, 3.8) is 0 Å². The lowest BCUT2D eigenvalue weighted by molar-refractivity contribution is -0.132. The zero-order valence-electron chi connectivity index (χ0n) is 10.3. The number of anilines is 1. The molecule has 0 atom stereocenters. The Kier molecular flexibility index (Phi) is 4.64. The van der Waals surface area contributed by atoms with E-state index < -0.39 is 0 Å². The molecular weight excluding hydrogens is 266 g/mol. The van der Waals surface area contributed by atoms with Crippen LogP contribution >= 0.6 is 12.2 Å². The molecule has 0 aromatic heterocycles. The lowest BCUT2D eigenvalue weighted by Crippen LogP contribution is -2.40. The molecule has 7 heteroatoms. The molecular formula is C12H15N3O3S. The van der Waals surface area contributed by atoms with Crippen LogP contribution in [0.4, 0.5) is 5.69 Å². The highest BCUT2D eigenvalue weighted by Crippen LogP contribution is 2.23. The van der Waals surface area contributed by atoms with E-state index in [1.807, 2.05) is 18.2 Å². The van der Waals surface area contributed by atoms with Crippen LogP contribution in [0.5, 0.6) is 0 Å². The number of carbonyl (C=O) groups excluding carboxylic acids is 2. The second-order valence-corrected chi connectivity index (χ2v) is 4.63. The second-order valence-electron chi connectivity index (χ2n) is 4.24. The Morgan fingerprint density at radius 1 is 1.47 bits per heavy atom. The Morgan fingerprint density at radius 2 is 2.32 bits per heavy atom. The third kappa shape index (κ3) is 3.39. The van der Waals surface area contributed by atoms with Gasteiger partial charge in [0, 0.05) is 18.8 Å². The molecule has 6 nitrogen and oxygen atoms in total. The summed E-state index contributed by atoms with van der Waals surface area (Å²) in [4.78, 5) is 23.7. The van der Waals surface area contributed by atoms with E-state index in [2.05, 4.69) is 10.0 Å². The smallest absolute Gasteiger partial charge is 0.242 e. The molecule has 0 fully saturated rings. The minimum atomic E-state index is -0.0901. The van der Waals surface area contributed by atoms with Crippen molar-refractivity contribution in [2.24, 2.45) is 0 Å². The summed E-state index contributed by atoms with van der Waals surface area (Å²) >= 11 is 0.544. The number of nitrogens with zero attached hydrogens (tertiary/aromatic N) is 1. The molecule has 2 rings (SSSR count). The molecule has 0 radical (unpaired) electrons. The summed E-state index contributed by atoms with van der Waals surface area (Å²) in [7, 11) is 0. The molecule has 0 bridgehead atoms. The quantitative estimate of drug-likeness (QED) is 0.423. The average molecular weight is 281 g/mol. The van der Waals surface area contributed by atoms with Gasteiger partial charge >= 0.3 is 0 Å². The molecule has 0 spiro atoms. The van der Waals surface area contributed by atoms with Gasteiger partial charge in [-0.2, -0.15) is 0 Å². The van der Waals surface area contributed by atoms with Gasteiger partial charge in [-0.05, 0) is 29.7 Å². The van der Waals surface area contributed by atoms with Gasteiger partial charge in [0.25, 0.3) is 0 Å². The number of hydrogen-bond acceptors (Lipinski definition) is 5. The maximum absolute atomic E-state index is 11.8. The van der Waals surface area contributed by atoms with Crippen molar-refractivity contribution in [1.29, 1.82) is 0 Å². The topological polar surface area (TPSA) is 81.7 Å². The van der Waals surface area contributed by atoms with E-state index in [1.165, 1.54) is 5.56 Å². The van der Waals surface area contributed by atoms with Gasteiger partial charge in [0.05, 0.1) is 6.54 Å². The molecule has 19 heavy (non-hydrogen) atoms. The fourth-order valence-electron chi connectivity index (χ4n) is 2.13. The summed E-state index contributed by atoms with van der Waals surface area (Å²) in [5.41, 5.74) is 3.07. The fourth-order valence-corrected chi connectivity index (χ4v) is 2.36. The number of hydrogen-bond donors (Lipinski definition) is 3. The molecule has 0 unspecified atom stereocenters. The van der Waals surface area contributed by atoms with E-state index in [0.29, 0.717) is 31.7 Å². The highest BCUT2D eigenvalue weighted by molar-refractivity contribution is 7.95. The zero-order chi connectivity index (χ0) is 13.7. The van der Waals surface area contributed by atoms with Crippen molar-refractivity contribution >= 4 is 30.2 Å². The number of fused-ring (bicyclic) bond motifs is 1. The third-order valence-corrected chi connectivity index (χ3v) is 3.40. The molecule has 2 amide bonds. The van der Waals surface area contributed by atoms with Crippen LogP contribution in [0, 0.1) is 0 Å². The van der Waals surface area contributed by atoms with Gasteiger partial charge in [-0.3, -0.25) is 9.59 Å². The minimum Gasteiger partial charge on any atom is -0.350 e. The molecule has 1 aromatic rings. The van der Waals surface area contributed by atoms with Crippen LogP contribution in [-0.4, -0.2) is 34.9 Å². The average Bonchev–Trinajstić information content (AvgIpc) is 2.44. The molecule has 0 aliphatic carbocycles. The predicted octanol–water partition coefficient (Wildman–Crippen LogP) is 0.850. The van der Waals surface area contributed by atoms with Crippen LogP contribution in [0.15, 0.2) is 18.2 Å². The van der Waals surface area contributed by atoms with Crippen LogP contribution in [0.3, 0.4) is 0 Å². The Morgan fingerprint density at radius 3 is 3.05 bits per heavy atom. The van der Waals surface area contributed by atoms with E-state index in [9.17, 15) is 9.59 Å². The molecule has 0 saturated carbocycles. The monoisotopic (exact) mass is 281 g/mol. The molecule has 1 heterocycles. The van der Waals surface area contributed by atoms with E-state index in [4.69, 9.17) is 4.55 Å². The second kappa shape index (κ2) is 6.44. The first-order valence-electron chi connectivity index (χ1n) is 5.87. The third-order valence-electron chi connectivity index (χ3n) is 3.07. The van der Waals surface area contributed by atoms with Gasteiger partial charge in [-0.25, -0.2) is 0 Å². The molecule has 102 valence electrons. The number of carbonyl (C=O) groups is 2. The highest BCUT2D eigenvalue weighted by Gasteiger charge is 2.20. The lowest BCUT2D eigenvalue weighted by atomic mass is 9.99. The van der Waals surface area contributed by atoms with E-state index in [-0.39, 0.29) is 12.5 Å². The van der Waals surface area contributed by atoms with Crippen molar-refractivity contribution < 1.29 is 14.1 Å². The van der Waals surface area contributed by atoms with Gasteiger partial charge < -0.3 is 19.5 Å². The summed E-state index contributed by atoms with van der Waals surface area (Å²) in [6.07, 6.45) is 1.32. The fraction of sp³-hybridized carbons (Fsp3) is 0.333. The molecule has 3 N–H and O–H groups in total. The van der Waals surface area contributed by atoms with Crippen molar-refractivity contribution in [3.8, 4) is 0 Å². The minimum absolute atomic E-state index is 0.0310. The van der Waals surface area contributed by atoms with E-state index in [1.54, 1.807) is 4.90 Å². The van der Waals surface area contributed by atoms with Crippen molar-refractivity contribution in [2.45, 2.75) is 13.0 Å². The predicted molar refractivity (Wildman–Crippen MR) is 73.5 cm³/mol. The maximum Gasteiger partial charge on any atom is 0.242 e. The summed E-state index contributed by atoms with van der Waals surface area (Å²) in [5, 5.41) is 2.38. The van der Waals surface area contributed by atoms with Crippen LogP contribution < -0.4 is 10.0 Å². The first kappa shape index (κ1) is 13.7. The molecule has 1 aliphatic heterocycles. The summed E-state index contributed by atoms with van der Waals surface area (Å²) in [6, 6.07) is 5.82. The van der Waals surface area contributed by atoms with Gasteiger partial charge in [-0.15, -0.1) is 0 Å². The Hall–Kier alpha value is -1.73. The molecule has 1 aliphatic rings. The standard InChI is InChI=1S/C12H15N3O3S/c16-8-13-6-12(17)15-4-3-9-1-2-11(14-19-18)5-10(9)7-15/h1-2,5,8,14,18H,3-4,6-7H2,(H,13,16). The van der Waals surface area contributed by atoms with Crippen molar-refractivity contribution in [3.05, 3.63) is 29.3 Å². The van der Waals surface area contributed by atoms with Crippen LogP contribution in [0.2, 0.25) is 0 Å². The first-order valence-corrected chi connectivity index (χ1v) is 6.65. The Bertz CT molecular complexity index is 481. The summed E-state index contributed by atoms with van der Waals surface area (Å²) in [5.74, 6) is -0.0901. The van der Waals surface area contributed by atoms with Gasteiger partial charge in [0.2, 0.25) is 12.3 Å².